The van der Waals surface area contributed by atoms with Gasteiger partial charge in [0.25, 0.3) is 11.7 Å². The van der Waals surface area contributed by atoms with Gasteiger partial charge in [0, 0.05) is 29.8 Å². The average Bonchev–Trinajstić information content (AvgIpc) is 3.06. The van der Waals surface area contributed by atoms with Gasteiger partial charge < -0.3 is 5.32 Å². The number of carbonyl (C=O) groups excluding carboxylic acids is 1. The van der Waals surface area contributed by atoms with E-state index in [9.17, 15) is 4.79 Å². The second-order valence-electron chi connectivity index (χ2n) is 5.92. The molecule has 0 aliphatic heterocycles. The molecule has 128 valence electrons. The summed E-state index contributed by atoms with van der Waals surface area (Å²) in [5, 5.41) is 7.35. The van der Waals surface area contributed by atoms with Crippen LogP contribution >= 0.6 is 0 Å². The lowest BCUT2D eigenvalue weighted by molar-refractivity contribution is 0.102. The molecule has 0 aliphatic carbocycles. The number of para-hydroxylation sites is 1. The van der Waals surface area contributed by atoms with Crippen molar-refractivity contribution in [1.82, 2.24) is 24.6 Å². The van der Waals surface area contributed by atoms with Crippen molar-refractivity contribution in [2.24, 2.45) is 0 Å². The Hall–Kier alpha value is -3.61. The minimum Gasteiger partial charge on any atom is -0.322 e. The maximum atomic E-state index is 12.7. The largest absolute Gasteiger partial charge is 0.322 e. The zero-order valence-electron chi connectivity index (χ0n) is 14.3. The highest BCUT2D eigenvalue weighted by molar-refractivity contribution is 6.05. The van der Waals surface area contributed by atoms with Gasteiger partial charge in [-0.25, -0.2) is 9.50 Å². The minimum absolute atomic E-state index is 0.229. The van der Waals surface area contributed by atoms with Crippen molar-refractivity contribution in [2.75, 3.05) is 5.32 Å². The van der Waals surface area contributed by atoms with Gasteiger partial charge in [0.15, 0.2) is 5.82 Å². The minimum atomic E-state index is -0.229. The Kier molecular flexibility index (Phi) is 3.89. The first-order chi connectivity index (χ1) is 12.6. The number of carbonyl (C=O) groups is 1. The summed E-state index contributed by atoms with van der Waals surface area (Å²) < 4.78 is 1.52. The number of anilines is 1. The van der Waals surface area contributed by atoms with Crippen molar-refractivity contribution in [3.8, 4) is 11.4 Å². The molecule has 0 saturated heterocycles. The molecular formula is C19H16N6O. The fourth-order valence-electron chi connectivity index (χ4n) is 2.65. The number of nitrogens with one attached hydrogen (secondary N) is 1. The molecule has 0 fully saturated rings. The Balaban J connectivity index is 1.70. The van der Waals surface area contributed by atoms with E-state index in [1.165, 1.54) is 4.52 Å². The van der Waals surface area contributed by atoms with Crippen LogP contribution in [0.15, 0.2) is 55.0 Å². The number of rotatable bonds is 3. The molecule has 1 amide bonds. The molecule has 4 rings (SSSR count). The van der Waals surface area contributed by atoms with E-state index in [0.29, 0.717) is 22.9 Å². The summed E-state index contributed by atoms with van der Waals surface area (Å²) in [7, 11) is 0. The molecule has 0 unspecified atom stereocenters. The third-order valence-electron chi connectivity index (χ3n) is 4.10. The van der Waals surface area contributed by atoms with Crippen LogP contribution in [0.5, 0.6) is 0 Å². The summed E-state index contributed by atoms with van der Waals surface area (Å²) in [5.41, 5.74) is 3.65. The SMILES string of the molecule is Cc1ccccc1NC(=O)c1cn2nc(-c3ccncc3)nc2nc1C. The van der Waals surface area contributed by atoms with Crippen molar-refractivity contribution in [1.29, 1.82) is 0 Å². The van der Waals surface area contributed by atoms with Crippen molar-refractivity contribution in [3.05, 3.63) is 71.8 Å². The van der Waals surface area contributed by atoms with Gasteiger partial charge in [-0.05, 0) is 37.6 Å². The van der Waals surface area contributed by atoms with E-state index in [0.717, 1.165) is 16.8 Å². The van der Waals surface area contributed by atoms with Crippen molar-refractivity contribution in [2.45, 2.75) is 13.8 Å². The molecular weight excluding hydrogens is 328 g/mol. The number of hydrogen-bond donors (Lipinski definition) is 1. The molecule has 4 aromatic rings. The summed E-state index contributed by atoms with van der Waals surface area (Å²) in [4.78, 5) is 25.5. The molecule has 3 aromatic heterocycles. The zero-order chi connectivity index (χ0) is 18.1. The van der Waals surface area contributed by atoms with E-state index in [1.807, 2.05) is 43.3 Å². The highest BCUT2D eigenvalue weighted by Crippen LogP contribution is 2.18. The molecule has 1 N–H and O–H groups in total. The Morgan fingerprint density at radius 3 is 2.58 bits per heavy atom. The second kappa shape index (κ2) is 6.36. The van der Waals surface area contributed by atoms with Crippen LogP contribution in [0.1, 0.15) is 21.6 Å². The standard InChI is InChI=1S/C19H16N6O/c1-12-5-3-4-6-16(12)22-18(26)15-11-25-19(21-13(15)2)23-17(24-25)14-7-9-20-10-8-14/h3-11H,1-2H3,(H,22,26). The Morgan fingerprint density at radius 2 is 1.81 bits per heavy atom. The van der Waals surface area contributed by atoms with E-state index >= 15 is 0 Å². The molecule has 0 atom stereocenters. The first kappa shape index (κ1) is 15.9. The molecule has 0 radical (unpaired) electrons. The predicted octanol–water partition coefficient (Wildman–Crippen LogP) is 3.06. The summed E-state index contributed by atoms with van der Waals surface area (Å²) in [5.74, 6) is 0.754. The molecule has 7 nitrogen and oxygen atoms in total. The number of benzene rings is 1. The van der Waals surface area contributed by atoms with Crippen LogP contribution in [-0.4, -0.2) is 30.5 Å². The fraction of sp³-hybridized carbons (Fsp3) is 0.105. The lowest BCUT2D eigenvalue weighted by atomic mass is 10.2. The molecule has 26 heavy (non-hydrogen) atoms. The number of amides is 1. The summed E-state index contributed by atoms with van der Waals surface area (Å²) in [6.07, 6.45) is 5.02. The monoisotopic (exact) mass is 344 g/mol. The first-order valence-electron chi connectivity index (χ1n) is 8.13. The molecule has 0 aliphatic rings. The zero-order valence-corrected chi connectivity index (χ0v) is 14.3. The lowest BCUT2D eigenvalue weighted by Gasteiger charge is -2.09. The smallest absolute Gasteiger partial charge is 0.259 e. The summed E-state index contributed by atoms with van der Waals surface area (Å²) in [6, 6.07) is 11.3. The predicted molar refractivity (Wildman–Crippen MR) is 97.9 cm³/mol. The highest BCUT2D eigenvalue weighted by atomic mass is 16.1. The summed E-state index contributed by atoms with van der Waals surface area (Å²) in [6.45, 7) is 3.73. The van der Waals surface area contributed by atoms with Crippen LogP contribution < -0.4 is 5.32 Å². The fourth-order valence-corrected chi connectivity index (χ4v) is 2.65. The number of nitrogens with zero attached hydrogens (tertiary/aromatic N) is 5. The number of aryl methyl sites for hydroxylation is 2. The maximum absolute atomic E-state index is 12.7. The van der Waals surface area contributed by atoms with Gasteiger partial charge in [-0.15, -0.1) is 5.10 Å². The van der Waals surface area contributed by atoms with Gasteiger partial charge in [-0.3, -0.25) is 9.78 Å². The van der Waals surface area contributed by atoms with E-state index < -0.39 is 0 Å². The van der Waals surface area contributed by atoms with Crippen molar-refractivity contribution >= 4 is 17.4 Å². The normalized spacial score (nSPS) is 10.8. The van der Waals surface area contributed by atoms with E-state index in [-0.39, 0.29) is 5.91 Å². The lowest BCUT2D eigenvalue weighted by Crippen LogP contribution is -2.16. The Bertz CT molecular complexity index is 1100. The number of fused-ring (bicyclic) bond motifs is 1. The Labute approximate surface area is 149 Å². The third-order valence-corrected chi connectivity index (χ3v) is 4.10. The van der Waals surface area contributed by atoms with Crippen LogP contribution in [0, 0.1) is 13.8 Å². The van der Waals surface area contributed by atoms with Crippen LogP contribution in [-0.2, 0) is 0 Å². The number of aromatic nitrogens is 5. The second-order valence-corrected chi connectivity index (χ2v) is 5.92. The molecule has 0 bridgehead atoms. The van der Waals surface area contributed by atoms with Crippen molar-refractivity contribution in [3.63, 3.8) is 0 Å². The molecule has 0 spiro atoms. The molecule has 7 heteroatoms. The van der Waals surface area contributed by atoms with Crippen LogP contribution in [0.4, 0.5) is 5.69 Å². The van der Waals surface area contributed by atoms with Crippen LogP contribution in [0.3, 0.4) is 0 Å². The third kappa shape index (κ3) is 2.90. The van der Waals surface area contributed by atoms with Gasteiger partial charge in [0.2, 0.25) is 0 Å². The number of hydrogen-bond acceptors (Lipinski definition) is 5. The van der Waals surface area contributed by atoms with E-state index in [2.05, 4.69) is 25.4 Å². The van der Waals surface area contributed by atoms with Crippen molar-refractivity contribution < 1.29 is 4.79 Å². The highest BCUT2D eigenvalue weighted by Gasteiger charge is 2.15. The topological polar surface area (TPSA) is 85.1 Å². The molecule has 0 saturated carbocycles. The first-order valence-corrected chi connectivity index (χ1v) is 8.13. The van der Waals surface area contributed by atoms with Gasteiger partial charge in [-0.2, -0.15) is 4.98 Å². The van der Waals surface area contributed by atoms with E-state index in [4.69, 9.17) is 0 Å². The number of pyridine rings is 1. The average molecular weight is 344 g/mol. The Morgan fingerprint density at radius 1 is 1.04 bits per heavy atom. The van der Waals surface area contributed by atoms with Gasteiger partial charge in [-0.1, -0.05) is 18.2 Å². The van der Waals surface area contributed by atoms with E-state index in [1.54, 1.807) is 25.5 Å². The van der Waals surface area contributed by atoms with Crippen LogP contribution in [0.2, 0.25) is 0 Å². The molecule has 3 heterocycles. The molecule has 1 aromatic carbocycles. The van der Waals surface area contributed by atoms with Gasteiger partial charge in [0.1, 0.15) is 0 Å². The van der Waals surface area contributed by atoms with Gasteiger partial charge >= 0.3 is 0 Å². The maximum Gasteiger partial charge on any atom is 0.259 e. The summed E-state index contributed by atoms with van der Waals surface area (Å²) >= 11 is 0. The van der Waals surface area contributed by atoms with Gasteiger partial charge in [0.05, 0.1) is 11.3 Å². The quantitative estimate of drug-likeness (QED) is 0.617. The van der Waals surface area contributed by atoms with Crippen LogP contribution in [0.25, 0.3) is 17.2 Å².